The van der Waals surface area contributed by atoms with Crippen molar-refractivity contribution in [2.45, 2.75) is 31.6 Å². The van der Waals surface area contributed by atoms with Gasteiger partial charge in [0.2, 0.25) is 11.8 Å². The number of para-hydroxylation sites is 1. The first kappa shape index (κ1) is 24.0. The Morgan fingerprint density at radius 3 is 2.34 bits per heavy atom. The van der Waals surface area contributed by atoms with Crippen LogP contribution >= 0.6 is 0 Å². The molecule has 1 saturated heterocycles. The van der Waals surface area contributed by atoms with Crippen LogP contribution in [-0.2, 0) is 19.8 Å². The predicted molar refractivity (Wildman–Crippen MR) is 137 cm³/mol. The van der Waals surface area contributed by atoms with E-state index >= 15 is 0 Å². The Morgan fingerprint density at radius 1 is 1.00 bits per heavy atom. The minimum Gasteiger partial charge on any atom is -0.496 e. The first-order chi connectivity index (χ1) is 17.0. The Morgan fingerprint density at radius 2 is 1.69 bits per heavy atom. The van der Waals surface area contributed by atoms with Gasteiger partial charge in [-0.15, -0.1) is 0 Å². The van der Waals surface area contributed by atoms with Crippen molar-refractivity contribution in [3.63, 3.8) is 0 Å². The Hall–Kier alpha value is -4.19. The Balaban J connectivity index is 1.62. The first-order valence-electron chi connectivity index (χ1n) is 11.6. The summed E-state index contributed by atoms with van der Waals surface area (Å²) in [5.41, 5.74) is 2.77. The van der Waals surface area contributed by atoms with Crippen LogP contribution in [0.1, 0.15) is 42.9 Å². The van der Waals surface area contributed by atoms with Crippen molar-refractivity contribution in [1.82, 2.24) is 5.32 Å². The fraction of sp³-hybridized carbons (Fsp3) is 0.207. The molecule has 1 heterocycles. The fourth-order valence-electron chi connectivity index (χ4n) is 4.48. The SMILES string of the molecule is CCC1(c2ccc(NC(=O)C(=Cc3ccccc3OC)c3ccccc3)cc2)CCC(=O)NC1=O. The molecular formula is C29H28N2O4. The third kappa shape index (κ3) is 5.01. The molecule has 6 heteroatoms. The van der Waals surface area contributed by atoms with Gasteiger partial charge in [-0.1, -0.05) is 67.6 Å². The third-order valence-corrected chi connectivity index (χ3v) is 6.53. The van der Waals surface area contributed by atoms with Crippen molar-refractivity contribution >= 4 is 35.1 Å². The molecule has 1 fully saturated rings. The number of nitrogens with one attached hydrogen (secondary N) is 2. The molecule has 1 unspecified atom stereocenters. The molecule has 1 atom stereocenters. The Kier molecular flexibility index (Phi) is 7.11. The number of methoxy groups -OCH3 is 1. The number of anilines is 1. The van der Waals surface area contributed by atoms with Crippen molar-refractivity contribution < 1.29 is 19.1 Å². The van der Waals surface area contributed by atoms with Crippen LogP contribution in [0.3, 0.4) is 0 Å². The zero-order valence-corrected chi connectivity index (χ0v) is 19.8. The Bertz CT molecular complexity index is 1270. The van der Waals surface area contributed by atoms with Gasteiger partial charge < -0.3 is 10.1 Å². The lowest BCUT2D eigenvalue weighted by Crippen LogP contribution is -2.51. The van der Waals surface area contributed by atoms with Crippen molar-refractivity contribution in [2.75, 3.05) is 12.4 Å². The van der Waals surface area contributed by atoms with Gasteiger partial charge >= 0.3 is 0 Å². The van der Waals surface area contributed by atoms with E-state index in [2.05, 4.69) is 10.6 Å². The number of carbonyl (C=O) groups excluding carboxylic acids is 3. The normalized spacial score (nSPS) is 18.1. The highest BCUT2D eigenvalue weighted by Gasteiger charge is 2.42. The molecule has 0 aliphatic carbocycles. The van der Waals surface area contributed by atoms with Crippen molar-refractivity contribution in [3.8, 4) is 5.75 Å². The highest BCUT2D eigenvalue weighted by Crippen LogP contribution is 2.36. The lowest BCUT2D eigenvalue weighted by atomic mass is 9.72. The van der Waals surface area contributed by atoms with Gasteiger partial charge in [0.15, 0.2) is 0 Å². The molecule has 0 bridgehead atoms. The number of hydrogen-bond donors (Lipinski definition) is 2. The second kappa shape index (κ2) is 10.4. The van der Waals surface area contributed by atoms with Gasteiger partial charge in [0, 0.05) is 23.2 Å². The molecule has 3 aromatic carbocycles. The van der Waals surface area contributed by atoms with Crippen LogP contribution in [0.25, 0.3) is 11.6 Å². The molecule has 3 aromatic rings. The fourth-order valence-corrected chi connectivity index (χ4v) is 4.48. The number of ether oxygens (including phenoxy) is 1. The van der Waals surface area contributed by atoms with Gasteiger partial charge in [0.05, 0.1) is 12.5 Å². The molecule has 3 amide bonds. The topological polar surface area (TPSA) is 84.5 Å². The predicted octanol–water partition coefficient (Wildman–Crippen LogP) is 4.96. The summed E-state index contributed by atoms with van der Waals surface area (Å²) in [5, 5.41) is 5.44. The van der Waals surface area contributed by atoms with Crippen LogP contribution in [0, 0.1) is 0 Å². The van der Waals surface area contributed by atoms with Crippen LogP contribution in [0.4, 0.5) is 5.69 Å². The number of rotatable bonds is 7. The molecule has 178 valence electrons. The van der Waals surface area contributed by atoms with E-state index in [4.69, 9.17) is 4.74 Å². The number of carbonyl (C=O) groups is 3. The standard InChI is InChI=1S/C29H28N2O4/c1-3-29(18-17-26(32)31-28(29)34)22-13-15-23(16-14-22)30-27(33)24(20-9-5-4-6-10-20)19-21-11-7-8-12-25(21)35-2/h4-16,19H,3,17-18H2,1-2H3,(H,30,33)(H,31,32,34). The van der Waals surface area contributed by atoms with E-state index in [0.29, 0.717) is 36.3 Å². The Labute approximate surface area is 205 Å². The molecule has 4 rings (SSSR count). The van der Waals surface area contributed by atoms with E-state index < -0.39 is 5.41 Å². The van der Waals surface area contributed by atoms with Gasteiger partial charge in [-0.2, -0.15) is 0 Å². The van der Waals surface area contributed by atoms with Gasteiger partial charge in [-0.05, 0) is 48.2 Å². The monoisotopic (exact) mass is 468 g/mol. The van der Waals surface area contributed by atoms with E-state index in [1.807, 2.05) is 79.7 Å². The largest absolute Gasteiger partial charge is 0.496 e. The zero-order chi connectivity index (χ0) is 24.8. The second-order valence-corrected chi connectivity index (χ2v) is 8.51. The molecule has 1 aliphatic heterocycles. The highest BCUT2D eigenvalue weighted by molar-refractivity contribution is 6.29. The minimum atomic E-state index is -0.741. The van der Waals surface area contributed by atoms with Crippen molar-refractivity contribution in [3.05, 3.63) is 95.6 Å². The summed E-state index contributed by atoms with van der Waals surface area (Å²) < 4.78 is 5.46. The van der Waals surface area contributed by atoms with Gasteiger partial charge in [0.25, 0.3) is 5.91 Å². The third-order valence-electron chi connectivity index (χ3n) is 6.53. The van der Waals surface area contributed by atoms with Crippen LogP contribution < -0.4 is 15.4 Å². The van der Waals surface area contributed by atoms with Crippen molar-refractivity contribution in [2.24, 2.45) is 0 Å². The summed E-state index contributed by atoms with van der Waals surface area (Å²) in [6, 6.07) is 24.3. The maximum Gasteiger partial charge on any atom is 0.256 e. The number of piperidine rings is 1. The summed E-state index contributed by atoms with van der Waals surface area (Å²) in [6.07, 6.45) is 3.18. The van der Waals surface area contributed by atoms with Crippen molar-refractivity contribution in [1.29, 1.82) is 0 Å². The molecule has 0 saturated carbocycles. The van der Waals surface area contributed by atoms with Crippen LogP contribution in [0.5, 0.6) is 5.75 Å². The summed E-state index contributed by atoms with van der Waals surface area (Å²) in [7, 11) is 1.60. The molecular weight excluding hydrogens is 440 g/mol. The van der Waals surface area contributed by atoms with Crippen LogP contribution in [0.2, 0.25) is 0 Å². The number of imide groups is 1. The maximum atomic E-state index is 13.4. The summed E-state index contributed by atoms with van der Waals surface area (Å²) in [5.74, 6) is -0.0920. The molecule has 2 N–H and O–H groups in total. The number of amides is 3. The maximum absolute atomic E-state index is 13.4. The lowest BCUT2D eigenvalue weighted by molar-refractivity contribution is -0.138. The second-order valence-electron chi connectivity index (χ2n) is 8.51. The zero-order valence-electron chi connectivity index (χ0n) is 19.8. The molecule has 0 radical (unpaired) electrons. The lowest BCUT2D eigenvalue weighted by Gasteiger charge is -2.35. The number of hydrogen-bond acceptors (Lipinski definition) is 4. The smallest absolute Gasteiger partial charge is 0.256 e. The highest BCUT2D eigenvalue weighted by atomic mass is 16.5. The van der Waals surface area contributed by atoms with Gasteiger partial charge in [-0.3, -0.25) is 19.7 Å². The molecule has 0 spiro atoms. The quantitative estimate of drug-likeness (QED) is 0.292. The average molecular weight is 469 g/mol. The minimum absolute atomic E-state index is 0.238. The van der Waals surface area contributed by atoms with Gasteiger partial charge in [-0.25, -0.2) is 0 Å². The van der Waals surface area contributed by atoms with Crippen LogP contribution in [0.15, 0.2) is 78.9 Å². The van der Waals surface area contributed by atoms with E-state index in [-0.39, 0.29) is 17.7 Å². The molecule has 1 aliphatic rings. The molecule has 35 heavy (non-hydrogen) atoms. The van der Waals surface area contributed by atoms with E-state index in [9.17, 15) is 14.4 Å². The summed E-state index contributed by atoms with van der Waals surface area (Å²) >= 11 is 0. The van der Waals surface area contributed by atoms with Gasteiger partial charge in [0.1, 0.15) is 5.75 Å². The summed E-state index contributed by atoms with van der Waals surface area (Å²) in [4.78, 5) is 37.7. The average Bonchev–Trinajstić information content (AvgIpc) is 2.89. The molecule has 0 aromatic heterocycles. The van der Waals surface area contributed by atoms with E-state index in [1.54, 1.807) is 19.2 Å². The van der Waals surface area contributed by atoms with E-state index in [1.165, 1.54) is 0 Å². The van der Waals surface area contributed by atoms with Crippen LogP contribution in [-0.4, -0.2) is 24.8 Å². The first-order valence-corrected chi connectivity index (χ1v) is 11.6. The number of benzene rings is 3. The van der Waals surface area contributed by atoms with E-state index in [0.717, 1.165) is 16.7 Å². The molecule has 6 nitrogen and oxygen atoms in total. The summed E-state index contributed by atoms with van der Waals surface area (Å²) in [6.45, 7) is 1.94.